The summed E-state index contributed by atoms with van der Waals surface area (Å²) in [5.74, 6) is 0.553. The molecule has 2 fully saturated rings. The Morgan fingerprint density at radius 3 is 2.54 bits per heavy atom. The summed E-state index contributed by atoms with van der Waals surface area (Å²) in [5.41, 5.74) is 0. The fourth-order valence-corrected chi connectivity index (χ4v) is 2.59. The lowest BCUT2D eigenvalue weighted by Crippen LogP contribution is -2.51. The molecule has 0 aromatic rings. The van der Waals surface area contributed by atoms with Gasteiger partial charge in [0.2, 0.25) is 0 Å². The number of likely N-dealkylation sites (tertiary alicyclic amines) is 1. The van der Waals surface area contributed by atoms with Gasteiger partial charge in [0.05, 0.1) is 0 Å². The monoisotopic (exact) mass is 183 g/mol. The highest BCUT2D eigenvalue weighted by atomic mass is 16.3. The number of hydrogen-bond donors (Lipinski definition) is 1. The molecule has 2 aliphatic rings. The summed E-state index contributed by atoms with van der Waals surface area (Å²) in [6.45, 7) is 3.87. The van der Waals surface area contributed by atoms with Crippen molar-refractivity contribution in [3.63, 3.8) is 0 Å². The van der Waals surface area contributed by atoms with Crippen LogP contribution in [0.1, 0.15) is 39.0 Å². The molecule has 0 radical (unpaired) electrons. The van der Waals surface area contributed by atoms with Gasteiger partial charge >= 0.3 is 0 Å². The largest absolute Gasteiger partial charge is 0.396 e. The molecule has 0 aromatic heterocycles. The zero-order chi connectivity index (χ0) is 9.26. The predicted octanol–water partition coefficient (Wildman–Crippen LogP) is 1.63. The Bertz CT molecular complexity index is 165. The second-order valence-corrected chi connectivity index (χ2v) is 4.76. The maximum atomic E-state index is 9.14. The van der Waals surface area contributed by atoms with E-state index >= 15 is 0 Å². The highest BCUT2D eigenvalue weighted by Crippen LogP contribution is 2.31. The van der Waals surface area contributed by atoms with Crippen molar-refractivity contribution < 1.29 is 5.11 Å². The summed E-state index contributed by atoms with van der Waals surface area (Å²) in [7, 11) is 0. The molecule has 1 saturated heterocycles. The van der Waals surface area contributed by atoms with Crippen LogP contribution in [0.25, 0.3) is 0 Å². The van der Waals surface area contributed by atoms with Crippen molar-refractivity contribution in [2.75, 3.05) is 13.2 Å². The van der Waals surface area contributed by atoms with Crippen molar-refractivity contribution >= 4 is 0 Å². The van der Waals surface area contributed by atoms with Gasteiger partial charge in [-0.2, -0.15) is 0 Å². The summed E-state index contributed by atoms with van der Waals surface area (Å²) >= 11 is 0. The van der Waals surface area contributed by atoms with Crippen LogP contribution in [0.5, 0.6) is 0 Å². The van der Waals surface area contributed by atoms with Crippen LogP contribution in [0.4, 0.5) is 0 Å². The van der Waals surface area contributed by atoms with E-state index < -0.39 is 0 Å². The maximum Gasteiger partial charge on any atom is 0.0471 e. The van der Waals surface area contributed by atoms with Crippen molar-refractivity contribution in [3.05, 3.63) is 0 Å². The van der Waals surface area contributed by atoms with Crippen molar-refractivity contribution in [1.82, 2.24) is 4.90 Å². The van der Waals surface area contributed by atoms with Gasteiger partial charge < -0.3 is 5.11 Å². The lowest BCUT2D eigenvalue weighted by molar-refractivity contribution is 0.0193. The minimum absolute atomic E-state index is 0.385. The molecular weight excluding hydrogens is 162 g/mol. The number of piperidine rings is 1. The molecule has 2 nitrogen and oxygen atoms in total. The molecule has 13 heavy (non-hydrogen) atoms. The van der Waals surface area contributed by atoms with Crippen LogP contribution in [0.2, 0.25) is 0 Å². The Hall–Kier alpha value is -0.0800. The second kappa shape index (κ2) is 3.97. The third kappa shape index (κ3) is 1.89. The first-order valence-electron chi connectivity index (χ1n) is 5.68. The summed E-state index contributed by atoms with van der Waals surface area (Å²) in [5, 5.41) is 9.14. The van der Waals surface area contributed by atoms with Crippen LogP contribution in [-0.2, 0) is 0 Å². The fourth-order valence-electron chi connectivity index (χ4n) is 2.59. The van der Waals surface area contributed by atoms with Gasteiger partial charge in [0.25, 0.3) is 0 Å². The first kappa shape index (κ1) is 9.47. The topological polar surface area (TPSA) is 23.5 Å². The van der Waals surface area contributed by atoms with Crippen LogP contribution in [0, 0.1) is 5.92 Å². The van der Waals surface area contributed by atoms with E-state index in [0.29, 0.717) is 12.5 Å². The van der Waals surface area contributed by atoms with Crippen molar-refractivity contribution in [2.45, 2.75) is 51.1 Å². The third-order valence-electron chi connectivity index (χ3n) is 3.83. The quantitative estimate of drug-likeness (QED) is 0.703. The van der Waals surface area contributed by atoms with Crippen molar-refractivity contribution in [3.8, 4) is 0 Å². The van der Waals surface area contributed by atoms with E-state index in [4.69, 9.17) is 5.11 Å². The Kier molecular flexibility index (Phi) is 2.89. The second-order valence-electron chi connectivity index (χ2n) is 4.76. The number of aliphatic hydroxyl groups is 1. The Morgan fingerprint density at radius 1 is 1.23 bits per heavy atom. The predicted molar refractivity (Wildman–Crippen MR) is 53.6 cm³/mol. The van der Waals surface area contributed by atoms with Crippen molar-refractivity contribution in [1.29, 1.82) is 0 Å². The third-order valence-corrected chi connectivity index (χ3v) is 3.83. The fraction of sp³-hybridized carbons (Fsp3) is 1.00. The smallest absolute Gasteiger partial charge is 0.0471 e. The van der Waals surface area contributed by atoms with E-state index in [9.17, 15) is 0 Å². The van der Waals surface area contributed by atoms with Gasteiger partial charge in [0.1, 0.15) is 0 Å². The SMILES string of the molecule is CC1CCC(CO)CN1C1CCC1. The lowest BCUT2D eigenvalue weighted by Gasteiger charge is -2.46. The van der Waals surface area contributed by atoms with Crippen molar-refractivity contribution in [2.24, 2.45) is 5.92 Å². The van der Waals surface area contributed by atoms with Crippen LogP contribution in [0.3, 0.4) is 0 Å². The number of nitrogens with zero attached hydrogens (tertiary/aromatic N) is 1. The summed E-state index contributed by atoms with van der Waals surface area (Å²) in [4.78, 5) is 2.63. The summed E-state index contributed by atoms with van der Waals surface area (Å²) < 4.78 is 0. The zero-order valence-corrected chi connectivity index (χ0v) is 8.58. The average Bonchev–Trinajstić information content (AvgIpc) is 2.06. The van der Waals surface area contributed by atoms with Gasteiger partial charge in [0, 0.05) is 25.2 Å². The normalized spacial score (nSPS) is 37.4. The molecule has 0 aromatic carbocycles. The number of hydrogen-bond acceptors (Lipinski definition) is 2. The molecule has 2 atom stereocenters. The molecule has 1 saturated carbocycles. The first-order valence-corrected chi connectivity index (χ1v) is 5.68. The molecule has 0 bridgehead atoms. The zero-order valence-electron chi connectivity index (χ0n) is 8.58. The minimum Gasteiger partial charge on any atom is -0.396 e. The van der Waals surface area contributed by atoms with E-state index in [2.05, 4.69) is 11.8 Å². The van der Waals surface area contributed by atoms with Gasteiger partial charge in [-0.05, 0) is 38.5 Å². The van der Waals surface area contributed by atoms with Gasteiger partial charge in [-0.15, -0.1) is 0 Å². The van der Waals surface area contributed by atoms with E-state index in [0.717, 1.165) is 18.6 Å². The van der Waals surface area contributed by atoms with Gasteiger partial charge in [-0.1, -0.05) is 6.42 Å². The van der Waals surface area contributed by atoms with Crippen LogP contribution < -0.4 is 0 Å². The molecule has 1 heterocycles. The molecule has 0 spiro atoms. The molecule has 2 heteroatoms. The Balaban J connectivity index is 1.90. The Labute approximate surface area is 80.9 Å². The average molecular weight is 183 g/mol. The molecular formula is C11H21NO. The summed E-state index contributed by atoms with van der Waals surface area (Å²) in [6.07, 6.45) is 6.70. The van der Waals surface area contributed by atoms with Crippen LogP contribution >= 0.6 is 0 Å². The molecule has 76 valence electrons. The molecule has 0 amide bonds. The highest BCUT2D eigenvalue weighted by Gasteiger charge is 2.32. The first-order chi connectivity index (χ1) is 6.31. The van der Waals surface area contributed by atoms with Gasteiger partial charge in [-0.25, -0.2) is 0 Å². The summed E-state index contributed by atoms with van der Waals surface area (Å²) in [6, 6.07) is 1.61. The van der Waals surface area contributed by atoms with Gasteiger partial charge in [-0.3, -0.25) is 4.90 Å². The molecule has 2 unspecified atom stereocenters. The van der Waals surface area contributed by atoms with E-state index in [1.54, 1.807) is 0 Å². The maximum absolute atomic E-state index is 9.14. The molecule has 1 aliphatic carbocycles. The van der Waals surface area contributed by atoms with E-state index in [1.165, 1.54) is 32.1 Å². The van der Waals surface area contributed by atoms with Crippen LogP contribution in [0.15, 0.2) is 0 Å². The lowest BCUT2D eigenvalue weighted by atomic mass is 9.85. The number of aliphatic hydroxyl groups excluding tert-OH is 1. The molecule has 2 rings (SSSR count). The minimum atomic E-state index is 0.385. The van der Waals surface area contributed by atoms with E-state index in [1.807, 2.05) is 0 Å². The highest BCUT2D eigenvalue weighted by molar-refractivity contribution is 4.87. The standard InChI is InChI=1S/C11H21NO/c1-9-5-6-10(8-13)7-12(9)11-3-2-4-11/h9-11,13H,2-8H2,1H3. The molecule has 1 aliphatic heterocycles. The number of rotatable bonds is 2. The Morgan fingerprint density at radius 2 is 2.00 bits per heavy atom. The van der Waals surface area contributed by atoms with Gasteiger partial charge in [0.15, 0.2) is 0 Å². The van der Waals surface area contributed by atoms with E-state index in [-0.39, 0.29) is 0 Å². The molecule has 1 N–H and O–H groups in total. The van der Waals surface area contributed by atoms with Crippen LogP contribution in [-0.4, -0.2) is 35.2 Å².